The fraction of sp³-hybridized carbons (Fsp3) is 0.0909. The van der Waals surface area contributed by atoms with Gasteiger partial charge in [0.25, 0.3) is 0 Å². The number of rotatable bonds is 2. The van der Waals surface area contributed by atoms with Crippen molar-refractivity contribution in [2.45, 2.75) is 0 Å². The number of allylic oxidation sites excluding steroid dienone is 2. The molecule has 1 aliphatic heterocycles. The van der Waals surface area contributed by atoms with Gasteiger partial charge in [0, 0.05) is 29.9 Å². The van der Waals surface area contributed by atoms with Crippen molar-refractivity contribution in [3.63, 3.8) is 0 Å². The van der Waals surface area contributed by atoms with Crippen LogP contribution in [0.2, 0.25) is 0 Å². The Kier molecular flexibility index (Phi) is 2.49. The van der Waals surface area contributed by atoms with Crippen molar-refractivity contribution < 1.29 is 4.79 Å². The molecule has 76 valence electrons. The first kappa shape index (κ1) is 9.45. The van der Waals surface area contributed by atoms with Crippen molar-refractivity contribution in [1.29, 1.82) is 0 Å². The zero-order chi connectivity index (χ0) is 10.7. The number of anilines is 1. The van der Waals surface area contributed by atoms with Gasteiger partial charge in [0.15, 0.2) is 0 Å². The lowest BCUT2D eigenvalue weighted by atomic mass is 10.1. The summed E-state index contributed by atoms with van der Waals surface area (Å²) >= 11 is 0. The van der Waals surface area contributed by atoms with Crippen molar-refractivity contribution in [1.82, 2.24) is 4.98 Å². The van der Waals surface area contributed by atoms with Crippen LogP contribution in [0, 0.1) is 0 Å². The Morgan fingerprint density at radius 3 is 2.80 bits per heavy atom. The van der Waals surface area contributed by atoms with Crippen molar-refractivity contribution >= 4 is 11.6 Å². The van der Waals surface area contributed by atoms with E-state index >= 15 is 0 Å². The molecule has 0 aliphatic carbocycles. The van der Waals surface area contributed by atoms with Crippen molar-refractivity contribution in [2.24, 2.45) is 5.73 Å². The fourth-order valence-corrected chi connectivity index (χ4v) is 1.42. The second-order valence-corrected chi connectivity index (χ2v) is 3.23. The summed E-state index contributed by atoms with van der Waals surface area (Å²) in [6.45, 7) is 0.510. The lowest BCUT2D eigenvalue weighted by Gasteiger charge is -2.23. The van der Waals surface area contributed by atoms with Crippen LogP contribution in [0.1, 0.15) is 0 Å². The minimum absolute atomic E-state index is 0.376. The predicted molar refractivity (Wildman–Crippen MR) is 58.0 cm³/mol. The molecule has 1 aromatic heterocycles. The van der Waals surface area contributed by atoms with Crippen molar-refractivity contribution in [3.8, 4) is 0 Å². The first-order chi connectivity index (χ1) is 7.27. The second-order valence-electron chi connectivity index (χ2n) is 3.23. The molecule has 0 atom stereocenters. The van der Waals surface area contributed by atoms with Gasteiger partial charge in [0.2, 0.25) is 5.91 Å². The number of nitrogens with zero attached hydrogens (tertiary/aromatic N) is 2. The molecular formula is C11H11N3O. The molecule has 1 amide bonds. The minimum Gasteiger partial charge on any atom is -0.366 e. The van der Waals surface area contributed by atoms with Crippen LogP contribution >= 0.6 is 0 Å². The van der Waals surface area contributed by atoms with E-state index in [1.165, 1.54) is 0 Å². The molecule has 2 heterocycles. The van der Waals surface area contributed by atoms with Crippen LogP contribution in [0.15, 0.2) is 48.5 Å². The highest BCUT2D eigenvalue weighted by atomic mass is 16.1. The van der Waals surface area contributed by atoms with Gasteiger partial charge in [-0.2, -0.15) is 0 Å². The van der Waals surface area contributed by atoms with Gasteiger partial charge in [-0.3, -0.25) is 9.78 Å². The van der Waals surface area contributed by atoms with Crippen LogP contribution in [0.4, 0.5) is 5.69 Å². The first-order valence-electron chi connectivity index (χ1n) is 4.61. The molecule has 4 heteroatoms. The molecule has 0 fully saturated rings. The smallest absolute Gasteiger partial charge is 0.246 e. The molecule has 2 N–H and O–H groups in total. The lowest BCUT2D eigenvalue weighted by molar-refractivity contribution is -0.114. The third kappa shape index (κ3) is 2.04. The summed E-state index contributed by atoms with van der Waals surface area (Å²) in [4.78, 5) is 16.9. The van der Waals surface area contributed by atoms with E-state index in [0.717, 1.165) is 5.69 Å². The maximum Gasteiger partial charge on any atom is 0.246 e. The number of amides is 1. The highest BCUT2D eigenvalue weighted by molar-refractivity contribution is 5.93. The van der Waals surface area contributed by atoms with E-state index in [1.54, 1.807) is 18.5 Å². The van der Waals surface area contributed by atoms with Gasteiger partial charge in [0.05, 0.1) is 6.54 Å². The lowest BCUT2D eigenvalue weighted by Crippen LogP contribution is -2.28. The Bertz CT molecular complexity index is 423. The van der Waals surface area contributed by atoms with Crippen LogP contribution in [-0.2, 0) is 4.79 Å². The zero-order valence-corrected chi connectivity index (χ0v) is 8.13. The normalized spacial score (nSPS) is 14.9. The number of pyridine rings is 1. The molecule has 15 heavy (non-hydrogen) atoms. The van der Waals surface area contributed by atoms with E-state index in [2.05, 4.69) is 4.98 Å². The molecule has 1 aliphatic rings. The fourth-order valence-electron chi connectivity index (χ4n) is 1.42. The third-order valence-electron chi connectivity index (χ3n) is 2.21. The molecule has 0 saturated carbocycles. The number of nitrogens with two attached hydrogens (primary N) is 1. The third-order valence-corrected chi connectivity index (χ3v) is 2.21. The molecule has 4 nitrogen and oxygen atoms in total. The van der Waals surface area contributed by atoms with E-state index in [0.29, 0.717) is 12.1 Å². The Labute approximate surface area is 87.7 Å². The summed E-state index contributed by atoms with van der Waals surface area (Å²) in [7, 11) is 0. The van der Waals surface area contributed by atoms with Gasteiger partial charge < -0.3 is 10.6 Å². The largest absolute Gasteiger partial charge is 0.366 e. The maximum atomic E-state index is 11.0. The highest BCUT2D eigenvalue weighted by Crippen LogP contribution is 2.17. The van der Waals surface area contributed by atoms with Crippen LogP contribution < -0.4 is 10.6 Å². The Hall–Kier alpha value is -2.10. The van der Waals surface area contributed by atoms with Gasteiger partial charge in [-0.25, -0.2) is 0 Å². The summed E-state index contributed by atoms with van der Waals surface area (Å²) < 4.78 is 0. The number of aromatic nitrogens is 1. The minimum atomic E-state index is -0.376. The summed E-state index contributed by atoms with van der Waals surface area (Å²) in [5.74, 6) is -0.376. The van der Waals surface area contributed by atoms with Crippen LogP contribution in [0.25, 0.3) is 0 Å². The van der Waals surface area contributed by atoms with Gasteiger partial charge in [-0.05, 0) is 18.2 Å². The number of carbonyl (C=O) groups excluding carboxylic acids is 1. The van der Waals surface area contributed by atoms with E-state index in [-0.39, 0.29) is 5.91 Å². The highest BCUT2D eigenvalue weighted by Gasteiger charge is 2.12. The summed E-state index contributed by atoms with van der Waals surface area (Å²) in [5, 5.41) is 0. The van der Waals surface area contributed by atoms with Crippen molar-refractivity contribution in [3.05, 3.63) is 48.5 Å². The number of primary amides is 1. The molecule has 2 rings (SSSR count). The maximum absolute atomic E-state index is 11.0. The molecular weight excluding hydrogens is 190 g/mol. The second kappa shape index (κ2) is 3.96. The van der Waals surface area contributed by atoms with Crippen molar-refractivity contribution in [2.75, 3.05) is 11.4 Å². The predicted octanol–water partition coefficient (Wildman–Crippen LogP) is 0.827. The van der Waals surface area contributed by atoms with E-state index in [4.69, 9.17) is 5.73 Å². The van der Waals surface area contributed by atoms with E-state index in [9.17, 15) is 4.79 Å². The Morgan fingerprint density at radius 1 is 1.40 bits per heavy atom. The first-order valence-corrected chi connectivity index (χ1v) is 4.61. The van der Waals surface area contributed by atoms with Gasteiger partial charge >= 0.3 is 0 Å². The quantitative estimate of drug-likeness (QED) is 0.770. The molecule has 0 spiro atoms. The summed E-state index contributed by atoms with van der Waals surface area (Å²) in [5.41, 5.74) is 6.83. The van der Waals surface area contributed by atoms with Crippen LogP contribution in [0.3, 0.4) is 0 Å². The average Bonchev–Trinajstić information content (AvgIpc) is 2.30. The molecule has 1 aromatic rings. The zero-order valence-electron chi connectivity index (χ0n) is 8.13. The topological polar surface area (TPSA) is 59.2 Å². The van der Waals surface area contributed by atoms with Gasteiger partial charge in [0.1, 0.15) is 0 Å². The molecule has 0 saturated heterocycles. The van der Waals surface area contributed by atoms with Crippen LogP contribution in [0.5, 0.6) is 0 Å². The SMILES string of the molecule is NC(=O)C1=CC=CN(c2ccncc2)C1. The summed E-state index contributed by atoms with van der Waals surface area (Å²) in [6.07, 6.45) is 8.88. The Morgan fingerprint density at radius 2 is 2.13 bits per heavy atom. The number of carbonyl (C=O) groups is 1. The van der Waals surface area contributed by atoms with Gasteiger partial charge in [-0.1, -0.05) is 6.08 Å². The average molecular weight is 201 g/mol. The number of hydrogen-bond donors (Lipinski definition) is 1. The van der Waals surface area contributed by atoms with Crippen LogP contribution in [-0.4, -0.2) is 17.4 Å². The molecule has 0 unspecified atom stereocenters. The van der Waals surface area contributed by atoms with Gasteiger partial charge in [-0.15, -0.1) is 0 Å². The van der Waals surface area contributed by atoms with E-state index < -0.39 is 0 Å². The molecule has 0 bridgehead atoms. The van der Waals surface area contributed by atoms with E-state index in [1.807, 2.05) is 29.3 Å². The molecule has 0 aromatic carbocycles. The molecule has 0 radical (unpaired) electrons. The monoisotopic (exact) mass is 201 g/mol. The summed E-state index contributed by atoms with van der Waals surface area (Å²) in [6, 6.07) is 3.77. The standard InChI is InChI=1S/C11H11N3O/c12-11(15)9-2-1-7-14(8-9)10-3-5-13-6-4-10/h1-7H,8H2,(H2,12,15). The Balaban J connectivity index is 2.19. The number of hydrogen-bond acceptors (Lipinski definition) is 3.